The molecule has 110 valence electrons. The van der Waals surface area contributed by atoms with Gasteiger partial charge in [-0.3, -0.25) is 9.78 Å². The molecule has 20 heavy (non-hydrogen) atoms. The number of methoxy groups -OCH3 is 1. The summed E-state index contributed by atoms with van der Waals surface area (Å²) in [4.78, 5) is 18.6. The molecule has 0 radical (unpaired) electrons. The van der Waals surface area contributed by atoms with Crippen LogP contribution in [0.4, 0.5) is 0 Å². The number of carbonyl (C=O) groups excluding carboxylic acids is 1. The lowest BCUT2D eigenvalue weighted by molar-refractivity contribution is -0.134. The first-order valence-corrected chi connectivity index (χ1v) is 7.28. The lowest BCUT2D eigenvalue weighted by Crippen LogP contribution is -2.31. The van der Waals surface area contributed by atoms with Crippen LogP contribution < -0.4 is 4.74 Å². The van der Waals surface area contributed by atoms with Gasteiger partial charge in [0.05, 0.1) is 19.3 Å². The van der Waals surface area contributed by atoms with E-state index in [-0.39, 0.29) is 11.8 Å². The van der Waals surface area contributed by atoms with Gasteiger partial charge in [-0.1, -0.05) is 12.8 Å². The Morgan fingerprint density at radius 2 is 2.05 bits per heavy atom. The van der Waals surface area contributed by atoms with E-state index in [0.717, 1.165) is 35.4 Å². The van der Waals surface area contributed by atoms with Crippen molar-refractivity contribution in [1.29, 1.82) is 0 Å². The van der Waals surface area contributed by atoms with Crippen LogP contribution in [0.3, 0.4) is 0 Å². The van der Waals surface area contributed by atoms with Crippen LogP contribution in [0.5, 0.6) is 5.75 Å². The van der Waals surface area contributed by atoms with E-state index in [2.05, 4.69) is 4.98 Å². The molecule has 1 heterocycles. The molecule has 2 rings (SSSR count). The molecule has 1 aromatic rings. The Labute approximate surface area is 121 Å². The van der Waals surface area contributed by atoms with Crippen LogP contribution in [0, 0.1) is 19.8 Å². The lowest BCUT2D eigenvalue weighted by Gasteiger charge is -2.22. The van der Waals surface area contributed by atoms with E-state index in [1.54, 1.807) is 12.0 Å². The topological polar surface area (TPSA) is 42.4 Å². The third-order valence-electron chi connectivity index (χ3n) is 4.22. The van der Waals surface area contributed by atoms with Crippen molar-refractivity contribution in [3.63, 3.8) is 0 Å². The highest BCUT2D eigenvalue weighted by molar-refractivity contribution is 5.78. The Morgan fingerprint density at radius 3 is 2.65 bits per heavy atom. The molecule has 1 saturated carbocycles. The minimum atomic E-state index is 0.215. The van der Waals surface area contributed by atoms with Gasteiger partial charge >= 0.3 is 0 Å². The molecular formula is C16H24N2O2. The van der Waals surface area contributed by atoms with Crippen molar-refractivity contribution in [2.24, 2.45) is 5.92 Å². The number of nitrogens with zero attached hydrogens (tertiary/aromatic N) is 2. The molecule has 0 saturated heterocycles. The third kappa shape index (κ3) is 2.94. The van der Waals surface area contributed by atoms with Crippen molar-refractivity contribution in [2.45, 2.75) is 46.1 Å². The van der Waals surface area contributed by atoms with Crippen molar-refractivity contribution in [3.05, 3.63) is 23.0 Å². The second-order valence-corrected chi connectivity index (χ2v) is 5.72. The number of aryl methyl sites for hydroxylation is 1. The summed E-state index contributed by atoms with van der Waals surface area (Å²) in [6.07, 6.45) is 6.24. The number of hydrogen-bond donors (Lipinski definition) is 0. The first kappa shape index (κ1) is 14.8. The summed E-state index contributed by atoms with van der Waals surface area (Å²) >= 11 is 0. The van der Waals surface area contributed by atoms with Gasteiger partial charge in [0, 0.05) is 30.3 Å². The van der Waals surface area contributed by atoms with E-state index in [9.17, 15) is 4.79 Å². The SMILES string of the molecule is COc1c(C)cnc(CN(C)C(=O)C2CCCC2)c1C. The molecule has 4 nitrogen and oxygen atoms in total. The third-order valence-corrected chi connectivity index (χ3v) is 4.22. The molecule has 0 atom stereocenters. The summed E-state index contributed by atoms with van der Waals surface area (Å²) in [6.45, 7) is 4.54. The van der Waals surface area contributed by atoms with Crippen molar-refractivity contribution in [2.75, 3.05) is 14.2 Å². The van der Waals surface area contributed by atoms with E-state index >= 15 is 0 Å². The fourth-order valence-corrected chi connectivity index (χ4v) is 3.02. The van der Waals surface area contributed by atoms with Crippen molar-refractivity contribution < 1.29 is 9.53 Å². The zero-order chi connectivity index (χ0) is 14.7. The maximum absolute atomic E-state index is 12.3. The molecule has 0 N–H and O–H groups in total. The quantitative estimate of drug-likeness (QED) is 0.849. The predicted molar refractivity (Wildman–Crippen MR) is 78.7 cm³/mol. The lowest BCUT2D eigenvalue weighted by atomic mass is 10.1. The Hall–Kier alpha value is -1.58. The van der Waals surface area contributed by atoms with Crippen molar-refractivity contribution in [1.82, 2.24) is 9.88 Å². The van der Waals surface area contributed by atoms with Crippen LogP contribution in [-0.2, 0) is 11.3 Å². The molecule has 4 heteroatoms. The zero-order valence-electron chi connectivity index (χ0n) is 12.9. The Kier molecular flexibility index (Phi) is 4.63. The Bertz CT molecular complexity index is 493. The van der Waals surface area contributed by atoms with E-state index in [4.69, 9.17) is 4.74 Å². The van der Waals surface area contributed by atoms with Gasteiger partial charge in [0.25, 0.3) is 0 Å². The first-order valence-electron chi connectivity index (χ1n) is 7.28. The van der Waals surface area contributed by atoms with Gasteiger partial charge in [-0.15, -0.1) is 0 Å². The second kappa shape index (κ2) is 6.25. The smallest absolute Gasteiger partial charge is 0.225 e. The van der Waals surface area contributed by atoms with E-state index in [0.29, 0.717) is 6.54 Å². The van der Waals surface area contributed by atoms with Crippen LogP contribution in [0.2, 0.25) is 0 Å². The maximum atomic E-state index is 12.3. The normalized spacial score (nSPS) is 15.4. The van der Waals surface area contributed by atoms with Gasteiger partial charge in [-0.2, -0.15) is 0 Å². The van der Waals surface area contributed by atoms with Crippen LogP contribution in [-0.4, -0.2) is 29.9 Å². The highest BCUT2D eigenvalue weighted by atomic mass is 16.5. The molecule has 1 amide bonds. The number of aromatic nitrogens is 1. The highest BCUT2D eigenvalue weighted by Crippen LogP contribution is 2.28. The Morgan fingerprint density at radius 1 is 1.40 bits per heavy atom. The predicted octanol–water partition coefficient (Wildman–Crippen LogP) is 2.86. The van der Waals surface area contributed by atoms with Gasteiger partial charge in [-0.25, -0.2) is 0 Å². The summed E-state index contributed by atoms with van der Waals surface area (Å²) < 4.78 is 5.41. The molecule has 1 fully saturated rings. The second-order valence-electron chi connectivity index (χ2n) is 5.72. The van der Waals surface area contributed by atoms with Crippen molar-refractivity contribution >= 4 is 5.91 Å². The van der Waals surface area contributed by atoms with Gasteiger partial charge in [0.15, 0.2) is 0 Å². The summed E-state index contributed by atoms with van der Waals surface area (Å²) in [6, 6.07) is 0. The van der Waals surface area contributed by atoms with E-state index in [1.807, 2.05) is 27.1 Å². The first-order chi connectivity index (χ1) is 9.54. The largest absolute Gasteiger partial charge is 0.496 e. The number of hydrogen-bond acceptors (Lipinski definition) is 3. The molecule has 0 spiro atoms. The van der Waals surface area contributed by atoms with E-state index < -0.39 is 0 Å². The molecule has 1 aromatic heterocycles. The van der Waals surface area contributed by atoms with E-state index in [1.165, 1.54) is 12.8 Å². The van der Waals surface area contributed by atoms with Crippen LogP contribution >= 0.6 is 0 Å². The number of rotatable bonds is 4. The van der Waals surface area contributed by atoms with Crippen LogP contribution in [0.25, 0.3) is 0 Å². The van der Waals surface area contributed by atoms with Crippen LogP contribution in [0.1, 0.15) is 42.5 Å². The molecular weight excluding hydrogens is 252 g/mol. The molecule has 0 aliphatic heterocycles. The molecule has 1 aliphatic rings. The fourth-order valence-electron chi connectivity index (χ4n) is 3.02. The van der Waals surface area contributed by atoms with Gasteiger partial charge in [0.1, 0.15) is 5.75 Å². The number of ether oxygens (including phenoxy) is 1. The minimum absolute atomic E-state index is 0.215. The van der Waals surface area contributed by atoms with Gasteiger partial charge < -0.3 is 9.64 Å². The summed E-state index contributed by atoms with van der Waals surface area (Å²) in [5, 5.41) is 0. The maximum Gasteiger partial charge on any atom is 0.225 e. The van der Waals surface area contributed by atoms with Crippen molar-refractivity contribution in [3.8, 4) is 5.75 Å². The molecule has 0 unspecified atom stereocenters. The monoisotopic (exact) mass is 276 g/mol. The molecule has 0 aromatic carbocycles. The zero-order valence-corrected chi connectivity index (χ0v) is 12.9. The number of pyridine rings is 1. The minimum Gasteiger partial charge on any atom is -0.496 e. The molecule has 0 bridgehead atoms. The summed E-state index contributed by atoms with van der Waals surface area (Å²) in [7, 11) is 3.54. The average Bonchev–Trinajstić information content (AvgIpc) is 2.95. The number of carbonyl (C=O) groups is 1. The average molecular weight is 276 g/mol. The fraction of sp³-hybridized carbons (Fsp3) is 0.625. The van der Waals surface area contributed by atoms with Crippen LogP contribution in [0.15, 0.2) is 6.20 Å². The Balaban J connectivity index is 2.11. The highest BCUT2D eigenvalue weighted by Gasteiger charge is 2.26. The van der Waals surface area contributed by atoms with Gasteiger partial charge in [-0.05, 0) is 26.7 Å². The standard InChI is InChI=1S/C16H24N2O2/c1-11-9-17-14(12(2)15(11)20-4)10-18(3)16(19)13-7-5-6-8-13/h9,13H,5-8,10H2,1-4H3. The van der Waals surface area contributed by atoms with Gasteiger partial charge in [0.2, 0.25) is 5.91 Å². The molecule has 1 aliphatic carbocycles. The summed E-state index contributed by atoms with van der Waals surface area (Å²) in [5.41, 5.74) is 2.97. The summed E-state index contributed by atoms with van der Waals surface area (Å²) in [5.74, 6) is 1.34. The number of amides is 1.